The summed E-state index contributed by atoms with van der Waals surface area (Å²) in [4.78, 5) is 24.3. The molecule has 1 aromatic carbocycles. The summed E-state index contributed by atoms with van der Waals surface area (Å²) < 4.78 is 5.34. The maximum atomic E-state index is 11.7. The van der Waals surface area contributed by atoms with Crippen molar-refractivity contribution in [1.29, 1.82) is 0 Å². The smallest absolute Gasteiger partial charge is 0.318 e. The van der Waals surface area contributed by atoms with Gasteiger partial charge in [-0.05, 0) is 44.5 Å². The number of hydrogen-bond donors (Lipinski definition) is 2. The second-order valence-corrected chi connectivity index (χ2v) is 5.21. The summed E-state index contributed by atoms with van der Waals surface area (Å²) in [6.45, 7) is 6.28. The lowest BCUT2D eigenvalue weighted by molar-refractivity contribution is -0.124. The monoisotopic (exact) mass is 293 g/mol. The number of primary amides is 1. The number of benzene rings is 1. The van der Waals surface area contributed by atoms with E-state index >= 15 is 0 Å². The van der Waals surface area contributed by atoms with E-state index in [4.69, 9.17) is 10.5 Å². The van der Waals surface area contributed by atoms with Crippen LogP contribution in [0.15, 0.2) is 12.1 Å². The molecule has 1 unspecified atom stereocenters. The van der Waals surface area contributed by atoms with Gasteiger partial charge in [0.2, 0.25) is 5.91 Å². The number of methoxy groups -OCH3 is 1. The molecule has 21 heavy (non-hydrogen) atoms. The van der Waals surface area contributed by atoms with Crippen LogP contribution in [0.25, 0.3) is 0 Å². The number of carbonyl (C=O) groups is 2. The lowest BCUT2D eigenvalue weighted by Gasteiger charge is -2.24. The molecule has 0 fully saturated rings. The van der Waals surface area contributed by atoms with E-state index in [9.17, 15) is 9.59 Å². The fraction of sp³-hybridized carbons (Fsp3) is 0.467. The van der Waals surface area contributed by atoms with E-state index in [1.807, 2.05) is 37.9 Å². The minimum absolute atomic E-state index is 0.410. The Hall–Kier alpha value is -2.08. The molecule has 1 atom stereocenters. The molecular weight excluding hydrogens is 270 g/mol. The molecule has 3 N–H and O–H groups in total. The molecule has 0 saturated carbocycles. The third-order valence-corrected chi connectivity index (χ3v) is 3.44. The van der Waals surface area contributed by atoms with Crippen LogP contribution in [0.2, 0.25) is 0 Å². The van der Waals surface area contributed by atoms with Crippen molar-refractivity contribution in [2.24, 2.45) is 5.73 Å². The van der Waals surface area contributed by atoms with E-state index in [1.54, 1.807) is 14.0 Å². The number of nitrogens with one attached hydrogen (secondary N) is 1. The third kappa shape index (κ3) is 4.46. The van der Waals surface area contributed by atoms with Crippen molar-refractivity contribution >= 4 is 11.9 Å². The molecule has 116 valence electrons. The SMILES string of the molecule is COc1c(C)cc(CN(C)C(C)C(=O)NC(N)=O)cc1C. The van der Waals surface area contributed by atoms with Crippen molar-refractivity contribution in [2.45, 2.75) is 33.4 Å². The van der Waals surface area contributed by atoms with Crippen molar-refractivity contribution in [2.75, 3.05) is 14.2 Å². The number of nitrogens with zero attached hydrogens (tertiary/aromatic N) is 1. The molecule has 0 saturated heterocycles. The van der Waals surface area contributed by atoms with Gasteiger partial charge in [0.25, 0.3) is 0 Å². The third-order valence-electron chi connectivity index (χ3n) is 3.44. The largest absolute Gasteiger partial charge is 0.496 e. The summed E-state index contributed by atoms with van der Waals surface area (Å²) in [5.74, 6) is 0.466. The van der Waals surface area contributed by atoms with Crippen LogP contribution in [-0.2, 0) is 11.3 Å². The highest BCUT2D eigenvalue weighted by molar-refractivity contribution is 5.96. The highest BCUT2D eigenvalue weighted by atomic mass is 16.5. The van der Waals surface area contributed by atoms with Crippen LogP contribution in [0.5, 0.6) is 5.75 Å². The summed E-state index contributed by atoms with van der Waals surface area (Å²) >= 11 is 0. The van der Waals surface area contributed by atoms with Gasteiger partial charge in [0, 0.05) is 6.54 Å². The summed E-state index contributed by atoms with van der Waals surface area (Å²) in [5.41, 5.74) is 8.13. The quantitative estimate of drug-likeness (QED) is 0.857. The molecule has 1 aromatic rings. The second kappa shape index (κ2) is 7.08. The Kier molecular flexibility index (Phi) is 5.72. The van der Waals surface area contributed by atoms with E-state index in [0.717, 1.165) is 22.4 Å². The molecule has 0 aliphatic carbocycles. The zero-order valence-corrected chi connectivity index (χ0v) is 13.2. The van der Waals surface area contributed by atoms with Gasteiger partial charge in [-0.15, -0.1) is 0 Å². The molecule has 0 spiro atoms. The zero-order chi connectivity index (χ0) is 16.2. The number of hydrogen-bond acceptors (Lipinski definition) is 4. The summed E-state index contributed by atoms with van der Waals surface area (Å²) in [7, 11) is 3.47. The minimum atomic E-state index is -0.837. The van der Waals surface area contributed by atoms with Crippen LogP contribution in [0.4, 0.5) is 4.79 Å². The molecule has 0 aliphatic rings. The van der Waals surface area contributed by atoms with Gasteiger partial charge >= 0.3 is 6.03 Å². The van der Waals surface area contributed by atoms with Crippen molar-refractivity contribution in [3.05, 3.63) is 28.8 Å². The highest BCUT2D eigenvalue weighted by Gasteiger charge is 2.19. The predicted octanol–water partition coefficient (Wildman–Crippen LogP) is 1.33. The summed E-state index contributed by atoms with van der Waals surface area (Å²) in [5, 5.41) is 2.09. The number of urea groups is 1. The van der Waals surface area contributed by atoms with Crippen LogP contribution >= 0.6 is 0 Å². The van der Waals surface area contributed by atoms with E-state index in [1.165, 1.54) is 0 Å². The van der Waals surface area contributed by atoms with Crippen LogP contribution in [-0.4, -0.2) is 37.0 Å². The average molecular weight is 293 g/mol. The van der Waals surface area contributed by atoms with E-state index < -0.39 is 18.0 Å². The Balaban J connectivity index is 2.81. The normalized spacial score (nSPS) is 12.1. The number of rotatable bonds is 5. The topological polar surface area (TPSA) is 84.7 Å². The van der Waals surface area contributed by atoms with E-state index in [2.05, 4.69) is 5.32 Å². The number of likely N-dealkylation sites (N-methyl/N-ethyl adjacent to an activating group) is 1. The zero-order valence-electron chi connectivity index (χ0n) is 13.2. The second-order valence-electron chi connectivity index (χ2n) is 5.21. The summed E-state index contributed by atoms with van der Waals surface area (Å²) in [6.07, 6.45) is 0. The molecule has 0 aliphatic heterocycles. The minimum Gasteiger partial charge on any atom is -0.496 e. The van der Waals surface area contributed by atoms with Gasteiger partial charge in [0.05, 0.1) is 13.2 Å². The van der Waals surface area contributed by atoms with Crippen molar-refractivity contribution in [1.82, 2.24) is 10.2 Å². The fourth-order valence-corrected chi connectivity index (χ4v) is 2.30. The Morgan fingerprint density at radius 2 is 1.86 bits per heavy atom. The molecule has 6 heteroatoms. The number of aryl methyl sites for hydroxylation is 2. The van der Waals surface area contributed by atoms with Gasteiger partial charge < -0.3 is 10.5 Å². The summed E-state index contributed by atoms with van der Waals surface area (Å²) in [6, 6.07) is 2.76. The van der Waals surface area contributed by atoms with E-state index in [-0.39, 0.29) is 0 Å². The first-order valence-electron chi connectivity index (χ1n) is 6.71. The molecule has 0 aromatic heterocycles. The van der Waals surface area contributed by atoms with E-state index in [0.29, 0.717) is 6.54 Å². The maximum absolute atomic E-state index is 11.7. The molecule has 0 radical (unpaired) electrons. The first-order valence-corrected chi connectivity index (χ1v) is 6.71. The maximum Gasteiger partial charge on any atom is 0.318 e. The first-order chi connectivity index (χ1) is 9.76. The van der Waals surface area contributed by atoms with Crippen molar-refractivity contribution in [3.8, 4) is 5.75 Å². The van der Waals surface area contributed by atoms with Gasteiger partial charge in [-0.2, -0.15) is 0 Å². The molecule has 3 amide bonds. The number of ether oxygens (including phenoxy) is 1. The molecule has 0 heterocycles. The lowest BCUT2D eigenvalue weighted by atomic mass is 10.0. The Bertz CT molecular complexity index is 520. The Labute approximate surface area is 125 Å². The van der Waals surface area contributed by atoms with Crippen LogP contribution in [0.3, 0.4) is 0 Å². The van der Waals surface area contributed by atoms with Gasteiger partial charge in [0.15, 0.2) is 0 Å². The number of nitrogens with two attached hydrogens (primary N) is 1. The van der Waals surface area contributed by atoms with Gasteiger partial charge in [-0.3, -0.25) is 15.0 Å². The van der Waals surface area contributed by atoms with Crippen molar-refractivity contribution < 1.29 is 14.3 Å². The van der Waals surface area contributed by atoms with Gasteiger partial charge in [-0.25, -0.2) is 4.79 Å². The Morgan fingerprint density at radius 3 is 2.29 bits per heavy atom. The van der Waals surface area contributed by atoms with Crippen LogP contribution in [0.1, 0.15) is 23.6 Å². The molecular formula is C15H23N3O3. The lowest BCUT2D eigenvalue weighted by Crippen LogP contribution is -2.46. The van der Waals surface area contributed by atoms with Gasteiger partial charge in [0.1, 0.15) is 5.75 Å². The molecule has 0 bridgehead atoms. The van der Waals surface area contributed by atoms with Gasteiger partial charge in [-0.1, -0.05) is 12.1 Å². The Morgan fingerprint density at radius 1 is 1.33 bits per heavy atom. The standard InChI is InChI=1S/C15H23N3O3/c1-9-6-12(7-10(2)13(9)21-5)8-18(4)11(3)14(19)17-15(16)20/h6-7,11H,8H2,1-5H3,(H3,16,17,19,20). The van der Waals surface area contributed by atoms with Crippen LogP contribution < -0.4 is 15.8 Å². The number of carbonyl (C=O) groups excluding carboxylic acids is 2. The molecule has 1 rings (SSSR count). The van der Waals surface area contributed by atoms with Crippen LogP contribution in [0, 0.1) is 13.8 Å². The first kappa shape index (κ1) is 17.0. The highest BCUT2D eigenvalue weighted by Crippen LogP contribution is 2.25. The molecule has 6 nitrogen and oxygen atoms in total. The average Bonchev–Trinajstić information content (AvgIpc) is 2.36. The number of amides is 3. The number of imide groups is 1. The van der Waals surface area contributed by atoms with Crippen molar-refractivity contribution in [3.63, 3.8) is 0 Å². The predicted molar refractivity (Wildman–Crippen MR) is 81.1 cm³/mol. The fourth-order valence-electron chi connectivity index (χ4n) is 2.30.